The van der Waals surface area contributed by atoms with Gasteiger partial charge < -0.3 is 4.90 Å². The molecule has 0 saturated carbocycles. The summed E-state index contributed by atoms with van der Waals surface area (Å²) in [5.41, 5.74) is 3.85. The highest BCUT2D eigenvalue weighted by Crippen LogP contribution is 2.34. The Morgan fingerprint density at radius 1 is 1.20 bits per heavy atom. The minimum absolute atomic E-state index is 0.0704. The molecule has 25 heavy (non-hydrogen) atoms. The molecule has 0 unspecified atom stereocenters. The van der Waals surface area contributed by atoms with E-state index in [9.17, 15) is 4.79 Å². The van der Waals surface area contributed by atoms with Crippen LogP contribution in [0.3, 0.4) is 0 Å². The summed E-state index contributed by atoms with van der Waals surface area (Å²) in [6.07, 6.45) is 7.05. The number of hydrogen-bond donors (Lipinski definition) is 0. The van der Waals surface area contributed by atoms with Crippen LogP contribution in [0.15, 0.2) is 36.7 Å². The number of amides is 1. The fourth-order valence-corrected chi connectivity index (χ4v) is 4.20. The Balaban J connectivity index is 1.38. The van der Waals surface area contributed by atoms with Crippen molar-refractivity contribution in [2.45, 2.75) is 31.7 Å². The third-order valence-corrected chi connectivity index (χ3v) is 5.50. The quantitative estimate of drug-likeness (QED) is 0.861. The van der Waals surface area contributed by atoms with Crippen molar-refractivity contribution in [2.75, 3.05) is 26.2 Å². The molecule has 1 saturated heterocycles. The summed E-state index contributed by atoms with van der Waals surface area (Å²) in [5, 5.41) is 4.25. The van der Waals surface area contributed by atoms with Crippen molar-refractivity contribution >= 4 is 5.91 Å². The average Bonchev–Trinajstić information content (AvgIpc) is 3.15. The maximum atomic E-state index is 13.1. The van der Waals surface area contributed by atoms with Crippen LogP contribution in [0.1, 0.15) is 35.4 Å². The van der Waals surface area contributed by atoms with Crippen molar-refractivity contribution < 1.29 is 4.79 Å². The molecule has 2 aliphatic rings. The first kappa shape index (κ1) is 16.3. The highest BCUT2D eigenvalue weighted by Gasteiger charge is 2.32. The highest BCUT2D eigenvalue weighted by atomic mass is 16.2. The van der Waals surface area contributed by atoms with Crippen LogP contribution in [-0.2, 0) is 24.8 Å². The van der Waals surface area contributed by atoms with E-state index in [0.29, 0.717) is 5.91 Å². The number of carbonyl (C=O) groups excluding carboxylic acids is 1. The molecule has 2 aromatic rings. The van der Waals surface area contributed by atoms with Crippen molar-refractivity contribution in [3.05, 3.63) is 53.3 Å². The molecule has 4 rings (SSSR count). The number of fused-ring (bicyclic) bond motifs is 1. The Bertz CT molecular complexity index is 754. The van der Waals surface area contributed by atoms with E-state index in [4.69, 9.17) is 0 Å². The average molecular weight is 338 g/mol. The predicted molar refractivity (Wildman–Crippen MR) is 97.2 cm³/mol. The zero-order valence-corrected chi connectivity index (χ0v) is 14.9. The zero-order chi connectivity index (χ0) is 17.2. The summed E-state index contributed by atoms with van der Waals surface area (Å²) in [6.45, 7) is 4.61. The van der Waals surface area contributed by atoms with Crippen molar-refractivity contribution in [3.63, 3.8) is 0 Å². The van der Waals surface area contributed by atoms with Gasteiger partial charge in [0, 0.05) is 51.5 Å². The van der Waals surface area contributed by atoms with Crippen molar-refractivity contribution in [1.29, 1.82) is 0 Å². The first-order chi connectivity index (χ1) is 12.2. The van der Waals surface area contributed by atoms with Crippen LogP contribution in [0.4, 0.5) is 0 Å². The number of aryl methyl sites for hydroxylation is 2. The first-order valence-electron chi connectivity index (χ1n) is 9.27. The zero-order valence-electron chi connectivity index (χ0n) is 14.9. The third kappa shape index (κ3) is 3.47. The van der Waals surface area contributed by atoms with Gasteiger partial charge in [-0.25, -0.2) is 0 Å². The summed E-state index contributed by atoms with van der Waals surface area (Å²) in [7, 11) is 1.95. The van der Waals surface area contributed by atoms with Gasteiger partial charge in [-0.05, 0) is 30.4 Å². The molecule has 1 atom stereocenters. The number of nitrogens with zero attached hydrogens (tertiary/aromatic N) is 4. The number of rotatable bonds is 3. The summed E-state index contributed by atoms with van der Waals surface area (Å²) >= 11 is 0. The van der Waals surface area contributed by atoms with Crippen molar-refractivity contribution in [3.8, 4) is 0 Å². The van der Waals surface area contributed by atoms with Crippen LogP contribution in [0, 0.1) is 0 Å². The molecule has 1 aromatic carbocycles. The highest BCUT2D eigenvalue weighted by molar-refractivity contribution is 5.85. The lowest BCUT2D eigenvalue weighted by Gasteiger charge is -2.25. The van der Waals surface area contributed by atoms with Gasteiger partial charge in [0.1, 0.15) is 0 Å². The van der Waals surface area contributed by atoms with Gasteiger partial charge in [0.2, 0.25) is 5.91 Å². The molecule has 1 aliphatic carbocycles. The Labute approximate surface area is 149 Å². The lowest BCUT2D eigenvalue weighted by atomic mass is 10.00. The normalized spacial score (nSPS) is 21.2. The molecule has 2 heterocycles. The summed E-state index contributed by atoms with van der Waals surface area (Å²) < 4.78 is 1.85. The van der Waals surface area contributed by atoms with Crippen molar-refractivity contribution in [1.82, 2.24) is 19.6 Å². The second-order valence-corrected chi connectivity index (χ2v) is 7.27. The van der Waals surface area contributed by atoms with Crippen molar-refractivity contribution in [2.24, 2.45) is 7.05 Å². The number of aromatic nitrogens is 2. The third-order valence-electron chi connectivity index (χ3n) is 5.50. The largest absolute Gasteiger partial charge is 0.341 e. The number of hydrogen-bond acceptors (Lipinski definition) is 3. The standard InChI is InChI=1S/C20H26N4O/c1-22-14-16(13-21-22)15-23-9-4-10-24(12-11-23)20(25)19-8-7-17-5-2-3-6-18(17)19/h2-3,5-6,13-14,19H,4,7-12,15H2,1H3/t19-/m1/s1. The van der Waals surface area contributed by atoms with Crippen LogP contribution in [0.25, 0.3) is 0 Å². The Kier molecular flexibility index (Phi) is 4.57. The molecule has 5 nitrogen and oxygen atoms in total. The molecule has 0 radical (unpaired) electrons. The van der Waals surface area contributed by atoms with Gasteiger partial charge in [0.15, 0.2) is 0 Å². The van der Waals surface area contributed by atoms with Gasteiger partial charge in [-0.1, -0.05) is 24.3 Å². The van der Waals surface area contributed by atoms with Crippen LogP contribution >= 0.6 is 0 Å². The Morgan fingerprint density at radius 2 is 2.08 bits per heavy atom. The molecule has 1 fully saturated rings. The second-order valence-electron chi connectivity index (χ2n) is 7.27. The van der Waals surface area contributed by atoms with E-state index in [1.165, 1.54) is 16.7 Å². The SMILES string of the molecule is Cn1cc(CN2CCCN(C(=O)[C@@H]3CCc4ccccc43)CC2)cn1. The lowest BCUT2D eigenvalue weighted by Crippen LogP contribution is -2.37. The molecular formula is C20H26N4O. The fraction of sp³-hybridized carbons (Fsp3) is 0.500. The maximum absolute atomic E-state index is 13.1. The van der Waals surface area contributed by atoms with Gasteiger partial charge >= 0.3 is 0 Å². The van der Waals surface area contributed by atoms with Gasteiger partial charge in [0.05, 0.1) is 12.1 Å². The summed E-state index contributed by atoms with van der Waals surface area (Å²) in [6, 6.07) is 8.44. The Morgan fingerprint density at radius 3 is 2.92 bits per heavy atom. The van der Waals surface area contributed by atoms with Gasteiger partial charge in [-0.2, -0.15) is 5.10 Å². The van der Waals surface area contributed by atoms with E-state index in [2.05, 4.69) is 45.4 Å². The maximum Gasteiger partial charge on any atom is 0.230 e. The molecule has 1 aliphatic heterocycles. The fourth-order valence-electron chi connectivity index (χ4n) is 4.20. The molecular weight excluding hydrogens is 312 g/mol. The smallest absolute Gasteiger partial charge is 0.230 e. The minimum atomic E-state index is 0.0704. The molecule has 5 heteroatoms. The monoisotopic (exact) mass is 338 g/mol. The first-order valence-corrected chi connectivity index (χ1v) is 9.27. The number of carbonyl (C=O) groups is 1. The van der Waals surface area contributed by atoms with Gasteiger partial charge in [-0.3, -0.25) is 14.4 Å². The van der Waals surface area contributed by atoms with Gasteiger partial charge in [-0.15, -0.1) is 0 Å². The summed E-state index contributed by atoms with van der Waals surface area (Å²) in [5.74, 6) is 0.397. The van der Waals surface area contributed by atoms with Crippen LogP contribution in [-0.4, -0.2) is 51.7 Å². The van der Waals surface area contributed by atoms with E-state index in [1.54, 1.807) is 0 Å². The van der Waals surface area contributed by atoms with E-state index >= 15 is 0 Å². The topological polar surface area (TPSA) is 41.4 Å². The summed E-state index contributed by atoms with van der Waals surface area (Å²) in [4.78, 5) is 17.6. The molecule has 0 spiro atoms. The van der Waals surface area contributed by atoms with Crippen LogP contribution < -0.4 is 0 Å². The van der Waals surface area contributed by atoms with E-state index < -0.39 is 0 Å². The second kappa shape index (κ2) is 7.00. The predicted octanol–water partition coefficient (Wildman–Crippen LogP) is 2.18. The van der Waals surface area contributed by atoms with E-state index in [0.717, 1.165) is 52.0 Å². The van der Waals surface area contributed by atoms with Crippen LogP contribution in [0.5, 0.6) is 0 Å². The lowest BCUT2D eigenvalue weighted by molar-refractivity contribution is -0.132. The molecule has 132 valence electrons. The molecule has 0 bridgehead atoms. The van der Waals surface area contributed by atoms with Crippen LogP contribution in [0.2, 0.25) is 0 Å². The number of benzene rings is 1. The molecule has 1 aromatic heterocycles. The minimum Gasteiger partial charge on any atom is -0.341 e. The molecule has 0 N–H and O–H groups in total. The van der Waals surface area contributed by atoms with E-state index in [1.807, 2.05) is 17.9 Å². The van der Waals surface area contributed by atoms with Gasteiger partial charge in [0.25, 0.3) is 0 Å². The molecule has 1 amide bonds. The Hall–Kier alpha value is -2.14. The van der Waals surface area contributed by atoms with E-state index in [-0.39, 0.29) is 5.92 Å².